The second-order valence-corrected chi connectivity index (χ2v) is 7.87. The molecule has 1 saturated carbocycles. The van der Waals surface area contributed by atoms with Crippen molar-refractivity contribution in [1.82, 2.24) is 0 Å². The van der Waals surface area contributed by atoms with Gasteiger partial charge in [-0.05, 0) is 55.5 Å². The van der Waals surface area contributed by atoms with E-state index < -0.39 is 0 Å². The predicted octanol–water partition coefficient (Wildman–Crippen LogP) is 5.18. The molecule has 4 heteroatoms. The van der Waals surface area contributed by atoms with Gasteiger partial charge in [-0.15, -0.1) is 0 Å². The smallest absolute Gasteiger partial charge is 0.166 e. The first kappa shape index (κ1) is 18.7. The summed E-state index contributed by atoms with van der Waals surface area (Å²) in [6.07, 6.45) is 3.08. The molecule has 0 unspecified atom stereocenters. The van der Waals surface area contributed by atoms with Crippen LogP contribution < -0.4 is 9.47 Å². The van der Waals surface area contributed by atoms with Crippen LogP contribution in [0, 0.1) is 5.92 Å². The number of benzene rings is 2. The van der Waals surface area contributed by atoms with E-state index >= 15 is 0 Å². The van der Waals surface area contributed by atoms with E-state index in [4.69, 9.17) is 9.47 Å². The van der Waals surface area contributed by atoms with Gasteiger partial charge >= 0.3 is 0 Å². The maximum Gasteiger partial charge on any atom is 0.166 e. The molecule has 0 saturated heterocycles. The summed E-state index contributed by atoms with van der Waals surface area (Å²) in [6.45, 7) is 3.85. The highest BCUT2D eigenvalue weighted by Gasteiger charge is 2.37. The summed E-state index contributed by atoms with van der Waals surface area (Å²) in [4.78, 5) is 25.4. The predicted molar refractivity (Wildman–Crippen MR) is 108 cm³/mol. The van der Waals surface area contributed by atoms with E-state index in [0.717, 1.165) is 29.7 Å². The summed E-state index contributed by atoms with van der Waals surface area (Å²) in [6, 6.07) is 11.6. The van der Waals surface area contributed by atoms with E-state index in [1.54, 1.807) is 13.2 Å². The Labute approximate surface area is 165 Å². The number of hydrogen-bond donors (Lipinski definition) is 0. The Bertz CT molecular complexity index is 926. The molecular formula is C24H26O4. The molecule has 0 spiro atoms. The van der Waals surface area contributed by atoms with Gasteiger partial charge in [0.25, 0.3) is 0 Å². The van der Waals surface area contributed by atoms with E-state index in [1.807, 2.05) is 44.2 Å². The standard InChI is InChI=1S/C24H26O4/c1-4-21(25)19-12-17(22(26)10-15-8-9-15)13-20-23(14(2)28-24(19)20)16-6-5-7-18(11-16)27-3/h5-7,11-15,23H,4,8-10H2,1-3H3/t14-,23+/m1/s1. The van der Waals surface area contributed by atoms with Crippen molar-refractivity contribution in [2.45, 2.75) is 51.6 Å². The van der Waals surface area contributed by atoms with E-state index in [1.165, 1.54) is 0 Å². The minimum atomic E-state index is -0.126. The molecule has 2 aromatic carbocycles. The summed E-state index contributed by atoms with van der Waals surface area (Å²) in [5, 5.41) is 0. The Hall–Kier alpha value is -2.62. The maximum absolute atomic E-state index is 12.8. The molecule has 2 aromatic rings. The van der Waals surface area contributed by atoms with Crippen molar-refractivity contribution in [2.75, 3.05) is 7.11 Å². The minimum Gasteiger partial charge on any atom is -0.497 e. The zero-order valence-corrected chi connectivity index (χ0v) is 16.7. The number of carbonyl (C=O) groups excluding carboxylic acids is 2. The molecule has 0 bridgehead atoms. The molecule has 0 radical (unpaired) electrons. The van der Waals surface area contributed by atoms with Crippen LogP contribution in [-0.4, -0.2) is 24.8 Å². The highest BCUT2D eigenvalue weighted by molar-refractivity contribution is 6.04. The number of carbonyl (C=O) groups is 2. The molecule has 1 aliphatic carbocycles. The Balaban J connectivity index is 1.81. The second kappa shape index (κ2) is 7.42. The molecule has 146 valence electrons. The van der Waals surface area contributed by atoms with Gasteiger partial charge in [0, 0.05) is 29.9 Å². The average Bonchev–Trinajstić information content (AvgIpc) is 3.45. The molecule has 1 aliphatic heterocycles. The van der Waals surface area contributed by atoms with Gasteiger partial charge in [0.05, 0.1) is 12.7 Å². The third-order valence-corrected chi connectivity index (χ3v) is 5.79. The molecular weight excluding hydrogens is 352 g/mol. The number of methoxy groups -OCH3 is 1. The first-order valence-corrected chi connectivity index (χ1v) is 10.1. The largest absolute Gasteiger partial charge is 0.497 e. The lowest BCUT2D eigenvalue weighted by Crippen LogP contribution is -2.15. The van der Waals surface area contributed by atoms with Gasteiger partial charge in [0.1, 0.15) is 17.6 Å². The van der Waals surface area contributed by atoms with Crippen molar-refractivity contribution in [3.05, 3.63) is 58.7 Å². The Morgan fingerprint density at radius 1 is 1.14 bits per heavy atom. The Morgan fingerprint density at radius 3 is 2.61 bits per heavy atom. The van der Waals surface area contributed by atoms with E-state index in [0.29, 0.717) is 35.6 Å². The van der Waals surface area contributed by atoms with Crippen molar-refractivity contribution in [1.29, 1.82) is 0 Å². The molecule has 1 heterocycles. The first-order chi connectivity index (χ1) is 13.5. The SMILES string of the molecule is CCC(=O)c1cc(C(=O)CC2CC2)cc2c1O[C@H](C)[C@H]2c1cccc(OC)c1. The lowest BCUT2D eigenvalue weighted by atomic mass is 9.85. The average molecular weight is 378 g/mol. The molecule has 4 rings (SSSR count). The summed E-state index contributed by atoms with van der Waals surface area (Å²) in [7, 11) is 1.65. The number of ketones is 2. The fourth-order valence-corrected chi connectivity index (χ4v) is 4.07. The number of rotatable bonds is 7. The highest BCUT2D eigenvalue weighted by Crippen LogP contribution is 2.46. The van der Waals surface area contributed by atoms with Gasteiger partial charge in [-0.1, -0.05) is 19.1 Å². The summed E-state index contributed by atoms with van der Waals surface area (Å²) in [5.41, 5.74) is 3.16. The van der Waals surface area contributed by atoms with Crippen molar-refractivity contribution >= 4 is 11.6 Å². The monoisotopic (exact) mass is 378 g/mol. The van der Waals surface area contributed by atoms with Crippen molar-refractivity contribution in [2.24, 2.45) is 5.92 Å². The molecule has 2 atom stereocenters. The first-order valence-electron chi connectivity index (χ1n) is 10.1. The lowest BCUT2D eigenvalue weighted by Gasteiger charge is -2.16. The van der Waals surface area contributed by atoms with Gasteiger partial charge in [-0.25, -0.2) is 0 Å². The third-order valence-electron chi connectivity index (χ3n) is 5.79. The van der Waals surface area contributed by atoms with Crippen LogP contribution in [0.15, 0.2) is 36.4 Å². The lowest BCUT2D eigenvalue weighted by molar-refractivity contribution is 0.0976. The van der Waals surface area contributed by atoms with Crippen LogP contribution in [0.1, 0.15) is 77.3 Å². The van der Waals surface area contributed by atoms with Crippen LogP contribution in [0.2, 0.25) is 0 Å². The summed E-state index contributed by atoms with van der Waals surface area (Å²) < 4.78 is 11.5. The third kappa shape index (κ3) is 3.44. The van der Waals surface area contributed by atoms with E-state index in [9.17, 15) is 9.59 Å². The van der Waals surface area contributed by atoms with Crippen LogP contribution >= 0.6 is 0 Å². The molecule has 0 amide bonds. The fourth-order valence-electron chi connectivity index (χ4n) is 4.07. The number of Topliss-reactive ketones (excluding diaryl/α,β-unsaturated/α-hetero) is 2. The summed E-state index contributed by atoms with van der Waals surface area (Å²) >= 11 is 0. The van der Waals surface area contributed by atoms with Crippen LogP contribution in [0.5, 0.6) is 11.5 Å². The van der Waals surface area contributed by atoms with Crippen molar-refractivity contribution in [3.8, 4) is 11.5 Å². The van der Waals surface area contributed by atoms with Gasteiger partial charge in [0.15, 0.2) is 11.6 Å². The number of fused-ring (bicyclic) bond motifs is 1. The van der Waals surface area contributed by atoms with E-state index in [-0.39, 0.29) is 23.6 Å². The van der Waals surface area contributed by atoms with Gasteiger partial charge < -0.3 is 9.47 Å². The van der Waals surface area contributed by atoms with Gasteiger partial charge in [-0.3, -0.25) is 9.59 Å². The van der Waals surface area contributed by atoms with Crippen LogP contribution in [0.3, 0.4) is 0 Å². The zero-order chi connectivity index (χ0) is 19.8. The Morgan fingerprint density at radius 2 is 1.93 bits per heavy atom. The van der Waals surface area contributed by atoms with Crippen molar-refractivity contribution in [3.63, 3.8) is 0 Å². The maximum atomic E-state index is 12.8. The normalized spacial score (nSPS) is 20.4. The fraction of sp³-hybridized carbons (Fsp3) is 0.417. The molecule has 4 nitrogen and oxygen atoms in total. The quantitative estimate of drug-likeness (QED) is 0.623. The van der Waals surface area contributed by atoms with E-state index in [2.05, 4.69) is 0 Å². The van der Waals surface area contributed by atoms with Gasteiger partial charge in [0.2, 0.25) is 0 Å². The topological polar surface area (TPSA) is 52.6 Å². The molecule has 28 heavy (non-hydrogen) atoms. The minimum absolute atomic E-state index is 0.0100. The van der Waals surface area contributed by atoms with Crippen LogP contribution in [0.4, 0.5) is 0 Å². The van der Waals surface area contributed by atoms with Crippen LogP contribution in [0.25, 0.3) is 0 Å². The zero-order valence-electron chi connectivity index (χ0n) is 16.7. The van der Waals surface area contributed by atoms with Gasteiger partial charge in [-0.2, -0.15) is 0 Å². The molecule has 1 fully saturated rings. The van der Waals surface area contributed by atoms with Crippen LogP contribution in [-0.2, 0) is 0 Å². The second-order valence-electron chi connectivity index (χ2n) is 7.87. The molecule has 2 aliphatic rings. The molecule has 0 aromatic heterocycles. The van der Waals surface area contributed by atoms with Crippen molar-refractivity contribution < 1.29 is 19.1 Å². The Kier molecular flexibility index (Phi) is 4.96. The number of ether oxygens (including phenoxy) is 2. The summed E-state index contributed by atoms with van der Waals surface area (Å²) in [5.74, 6) is 2.02. The number of hydrogen-bond acceptors (Lipinski definition) is 4. The molecule has 0 N–H and O–H groups in total. The highest BCUT2D eigenvalue weighted by atomic mass is 16.5.